The van der Waals surface area contributed by atoms with E-state index in [0.29, 0.717) is 0 Å². The number of amides is 1. The largest absolute Gasteiger partial charge is 0.320 e. The normalized spacial score (nSPS) is 19.0. The molecule has 0 spiro atoms. The molecule has 18 heavy (non-hydrogen) atoms. The van der Waals surface area contributed by atoms with Gasteiger partial charge in [0, 0.05) is 13.3 Å². The van der Waals surface area contributed by atoms with Gasteiger partial charge in [-0.15, -0.1) is 0 Å². The van der Waals surface area contributed by atoms with Crippen LogP contribution in [0.1, 0.15) is 6.42 Å². The van der Waals surface area contributed by atoms with E-state index in [1.807, 2.05) is 36.4 Å². The third-order valence-electron chi connectivity index (χ3n) is 2.68. The van der Waals surface area contributed by atoms with Crippen molar-refractivity contribution in [3.63, 3.8) is 0 Å². The number of benzene rings is 1. The summed E-state index contributed by atoms with van der Waals surface area (Å²) in [5.74, 6) is -0.0186. The lowest BCUT2D eigenvalue weighted by Gasteiger charge is -2.18. The second-order valence-electron chi connectivity index (χ2n) is 3.90. The Labute approximate surface area is 112 Å². The van der Waals surface area contributed by atoms with Crippen LogP contribution in [-0.4, -0.2) is 14.3 Å². The van der Waals surface area contributed by atoms with Crippen LogP contribution in [0.3, 0.4) is 0 Å². The fourth-order valence-corrected chi connectivity index (χ4v) is 2.79. The lowest BCUT2D eigenvalue weighted by Crippen LogP contribution is -2.17. The van der Waals surface area contributed by atoms with E-state index < -0.39 is 0 Å². The summed E-state index contributed by atoms with van der Waals surface area (Å²) in [6.07, 6.45) is 9.15. The molecular weight excluding hydrogens is 241 g/mol. The Morgan fingerprint density at radius 2 is 2.11 bits per heavy atom. The van der Waals surface area contributed by atoms with E-state index in [9.17, 15) is 4.79 Å². The molecule has 0 bridgehead atoms. The number of nitrogens with one attached hydrogen (secondary N) is 1. The predicted octanol–water partition coefficient (Wildman–Crippen LogP) is 3.12. The second kappa shape index (κ2) is 5.31. The van der Waals surface area contributed by atoms with Crippen molar-refractivity contribution in [2.45, 2.75) is 11.3 Å². The maximum absolute atomic E-state index is 11.9. The lowest BCUT2D eigenvalue weighted by molar-refractivity contribution is -0.112. The Kier molecular flexibility index (Phi) is 3.77. The molecule has 1 amide bonds. The Bertz CT molecular complexity index is 575. The molecule has 4 heteroatoms. The molecule has 1 aromatic carbocycles. The van der Waals surface area contributed by atoms with E-state index in [0.717, 1.165) is 27.5 Å². The summed E-state index contributed by atoms with van der Waals surface area (Å²) in [5, 5.41) is 2.90. The van der Waals surface area contributed by atoms with Crippen LogP contribution in [0.25, 0.3) is 0 Å². The van der Waals surface area contributed by atoms with Crippen LogP contribution < -0.4 is 5.32 Å². The molecule has 0 saturated heterocycles. The molecule has 0 fully saturated rings. The van der Waals surface area contributed by atoms with Crippen LogP contribution in [0.2, 0.25) is 0 Å². The van der Waals surface area contributed by atoms with Crippen molar-refractivity contribution in [1.82, 2.24) is 0 Å². The van der Waals surface area contributed by atoms with Crippen molar-refractivity contribution in [2.24, 2.45) is 0 Å². The smallest absolute Gasteiger partial charge is 0.262 e. The number of rotatable bonds is 1. The van der Waals surface area contributed by atoms with Gasteiger partial charge in [0.05, 0.1) is 10.6 Å². The van der Waals surface area contributed by atoms with Gasteiger partial charge in [0.25, 0.3) is 5.91 Å². The van der Waals surface area contributed by atoms with E-state index in [4.69, 9.17) is 0 Å². The molecule has 1 aromatic rings. The minimum atomic E-state index is -0.0186. The molecule has 1 aliphatic heterocycles. The molecule has 0 atom stereocenters. The van der Waals surface area contributed by atoms with Crippen molar-refractivity contribution in [3.05, 3.63) is 59.0 Å². The standard InChI is InChI=1S/C14H11NOS.B/c16-14-13(9-10-5-1-2-6-10)17-12-8-4-3-7-11(12)15-14;/h1,3-9H,2H2,(H,15,16);. The Hall–Kier alpha value is -1.68. The first-order chi connectivity index (χ1) is 8.33. The Morgan fingerprint density at radius 1 is 1.28 bits per heavy atom. The predicted molar refractivity (Wildman–Crippen MR) is 76.6 cm³/mol. The van der Waals surface area contributed by atoms with Crippen molar-refractivity contribution in [2.75, 3.05) is 5.32 Å². The van der Waals surface area contributed by atoms with Crippen molar-refractivity contribution in [3.8, 4) is 0 Å². The minimum absolute atomic E-state index is 0. The molecule has 3 radical (unpaired) electrons. The van der Waals surface area contributed by atoms with Gasteiger partial charge in [-0.3, -0.25) is 4.79 Å². The zero-order chi connectivity index (χ0) is 11.7. The average Bonchev–Trinajstić information content (AvgIpc) is 2.83. The molecule has 0 saturated carbocycles. The van der Waals surface area contributed by atoms with Crippen molar-refractivity contribution >= 4 is 31.8 Å². The van der Waals surface area contributed by atoms with Crippen LogP contribution in [0.4, 0.5) is 5.69 Å². The number of carbonyl (C=O) groups excluding carboxylic acids is 1. The maximum Gasteiger partial charge on any atom is 0.262 e. The number of anilines is 1. The van der Waals surface area contributed by atoms with Gasteiger partial charge < -0.3 is 5.32 Å². The highest BCUT2D eigenvalue weighted by Crippen LogP contribution is 2.38. The minimum Gasteiger partial charge on any atom is -0.320 e. The van der Waals surface area contributed by atoms with E-state index in [2.05, 4.69) is 17.5 Å². The highest BCUT2D eigenvalue weighted by atomic mass is 32.2. The molecule has 87 valence electrons. The van der Waals surface area contributed by atoms with Gasteiger partial charge in [-0.05, 0) is 30.2 Å². The van der Waals surface area contributed by atoms with Gasteiger partial charge >= 0.3 is 0 Å². The van der Waals surface area contributed by atoms with E-state index in [1.54, 1.807) is 0 Å². The molecule has 0 aromatic heterocycles. The summed E-state index contributed by atoms with van der Waals surface area (Å²) in [4.78, 5) is 13.7. The monoisotopic (exact) mass is 252 g/mol. The van der Waals surface area contributed by atoms with Crippen molar-refractivity contribution < 1.29 is 4.79 Å². The lowest BCUT2D eigenvalue weighted by atomic mass is 10.2. The number of fused-ring (bicyclic) bond motifs is 1. The van der Waals surface area contributed by atoms with Crippen molar-refractivity contribution in [1.29, 1.82) is 0 Å². The highest BCUT2D eigenvalue weighted by Gasteiger charge is 2.20. The summed E-state index contributed by atoms with van der Waals surface area (Å²) >= 11 is 1.53. The van der Waals surface area contributed by atoms with Crippen LogP contribution in [0, 0.1) is 0 Å². The molecule has 2 nitrogen and oxygen atoms in total. The maximum atomic E-state index is 11.9. The van der Waals surface area contributed by atoms with Crippen LogP contribution in [0.15, 0.2) is 63.9 Å². The zero-order valence-electron chi connectivity index (χ0n) is 9.72. The third-order valence-corrected chi connectivity index (χ3v) is 3.78. The van der Waals surface area contributed by atoms with Gasteiger partial charge in [-0.2, -0.15) is 0 Å². The molecule has 1 aliphatic carbocycles. The van der Waals surface area contributed by atoms with Gasteiger partial charge in [0.15, 0.2) is 0 Å². The van der Waals surface area contributed by atoms with Gasteiger partial charge in [-0.1, -0.05) is 42.1 Å². The first-order valence-corrected chi connectivity index (χ1v) is 6.31. The molecule has 1 N–H and O–H groups in total. The fourth-order valence-electron chi connectivity index (χ4n) is 1.84. The topological polar surface area (TPSA) is 29.1 Å². The molecule has 2 aliphatic rings. The number of hydrogen-bond donors (Lipinski definition) is 1. The fraction of sp³-hybridized carbons (Fsp3) is 0.0714. The van der Waals surface area contributed by atoms with Crippen LogP contribution in [-0.2, 0) is 4.79 Å². The Balaban J connectivity index is 0.00000120. The number of para-hydroxylation sites is 1. The number of carbonyl (C=O) groups is 1. The van der Waals surface area contributed by atoms with E-state index in [-0.39, 0.29) is 14.3 Å². The average molecular weight is 252 g/mol. The van der Waals surface area contributed by atoms with Gasteiger partial charge in [0.1, 0.15) is 0 Å². The van der Waals surface area contributed by atoms with E-state index in [1.165, 1.54) is 11.8 Å². The summed E-state index contributed by atoms with van der Waals surface area (Å²) in [5.41, 5.74) is 2.01. The number of allylic oxidation sites excluding steroid dienone is 5. The quantitative estimate of drug-likeness (QED) is 0.614. The highest BCUT2D eigenvalue weighted by molar-refractivity contribution is 8.04. The number of hydrogen-bond acceptors (Lipinski definition) is 2. The zero-order valence-corrected chi connectivity index (χ0v) is 10.5. The summed E-state index contributed by atoms with van der Waals surface area (Å²) < 4.78 is 0. The first-order valence-electron chi connectivity index (χ1n) is 5.49. The molecule has 0 unspecified atom stereocenters. The third kappa shape index (κ3) is 2.43. The molecule has 3 rings (SSSR count). The van der Waals surface area contributed by atoms with Gasteiger partial charge in [-0.25, -0.2) is 0 Å². The second-order valence-corrected chi connectivity index (χ2v) is 4.99. The summed E-state index contributed by atoms with van der Waals surface area (Å²) in [6, 6.07) is 7.85. The number of thioether (sulfide) groups is 1. The van der Waals surface area contributed by atoms with Crippen LogP contribution >= 0.6 is 11.8 Å². The first kappa shape index (κ1) is 12.8. The van der Waals surface area contributed by atoms with E-state index >= 15 is 0 Å². The molecule has 1 heterocycles. The SMILES string of the molecule is O=C1Nc2ccccc2SC1=CC1=CCC=C1.[B]. The summed E-state index contributed by atoms with van der Waals surface area (Å²) in [6.45, 7) is 0. The molecular formula is C14H11BNOS. The van der Waals surface area contributed by atoms with Gasteiger partial charge in [0.2, 0.25) is 0 Å². The summed E-state index contributed by atoms with van der Waals surface area (Å²) in [7, 11) is 0. The van der Waals surface area contributed by atoms with Crippen LogP contribution in [0.5, 0.6) is 0 Å². The Morgan fingerprint density at radius 3 is 2.89 bits per heavy atom.